The van der Waals surface area contributed by atoms with Gasteiger partial charge in [0, 0.05) is 36.4 Å². The van der Waals surface area contributed by atoms with Crippen molar-refractivity contribution in [2.75, 3.05) is 45.2 Å². The van der Waals surface area contributed by atoms with Crippen LogP contribution in [0.1, 0.15) is 17.5 Å². The quantitative estimate of drug-likeness (QED) is 0.492. The molecule has 4 rings (SSSR count). The van der Waals surface area contributed by atoms with Gasteiger partial charge in [0.2, 0.25) is 0 Å². The molecule has 2 saturated heterocycles. The Bertz CT molecular complexity index is 810. The zero-order chi connectivity index (χ0) is 19.2. The van der Waals surface area contributed by atoms with Gasteiger partial charge in [0.25, 0.3) is 0 Å². The van der Waals surface area contributed by atoms with Gasteiger partial charge in [0.15, 0.2) is 0 Å². The lowest BCUT2D eigenvalue weighted by Crippen LogP contribution is -2.36. The summed E-state index contributed by atoms with van der Waals surface area (Å²) in [7, 11) is 0. The van der Waals surface area contributed by atoms with Gasteiger partial charge in [0.1, 0.15) is 5.75 Å². The third-order valence-corrected chi connectivity index (χ3v) is 5.04. The van der Waals surface area contributed by atoms with Gasteiger partial charge in [0.05, 0.1) is 32.0 Å². The lowest BCUT2D eigenvalue weighted by atomic mass is 10.1. The number of ether oxygens (including phenoxy) is 3. The van der Waals surface area contributed by atoms with E-state index in [1.807, 2.05) is 48.5 Å². The molecule has 5 heteroatoms. The predicted molar refractivity (Wildman–Crippen MR) is 109 cm³/mol. The topological polar surface area (TPSA) is 57.0 Å². The maximum atomic E-state index is 5.86. The van der Waals surface area contributed by atoms with E-state index < -0.39 is 0 Å². The first-order valence-electron chi connectivity index (χ1n) is 9.82. The van der Waals surface area contributed by atoms with Crippen LogP contribution in [0.4, 0.5) is 5.69 Å². The number of hydrogen-bond acceptors (Lipinski definition) is 5. The Balaban J connectivity index is 1.19. The van der Waals surface area contributed by atoms with Crippen molar-refractivity contribution in [3.63, 3.8) is 0 Å². The van der Waals surface area contributed by atoms with Crippen LogP contribution in [-0.2, 0) is 9.47 Å². The minimum Gasteiger partial charge on any atom is -0.494 e. The summed E-state index contributed by atoms with van der Waals surface area (Å²) in [5.41, 5.74) is 8.35. The zero-order valence-electron chi connectivity index (χ0n) is 16.0. The van der Waals surface area contributed by atoms with Gasteiger partial charge in [-0.3, -0.25) is 4.90 Å². The van der Waals surface area contributed by atoms with Crippen molar-refractivity contribution in [1.29, 1.82) is 0 Å². The van der Waals surface area contributed by atoms with Gasteiger partial charge in [-0.2, -0.15) is 0 Å². The summed E-state index contributed by atoms with van der Waals surface area (Å²) in [6, 6.07) is 15.5. The van der Waals surface area contributed by atoms with Gasteiger partial charge in [-0.05, 0) is 55.0 Å². The molecule has 0 unspecified atom stereocenters. The molecule has 0 amide bonds. The van der Waals surface area contributed by atoms with Gasteiger partial charge >= 0.3 is 0 Å². The molecule has 0 aliphatic carbocycles. The highest BCUT2D eigenvalue weighted by atomic mass is 16.6. The Morgan fingerprint density at radius 3 is 2.07 bits per heavy atom. The van der Waals surface area contributed by atoms with E-state index in [4.69, 9.17) is 19.9 Å². The summed E-state index contributed by atoms with van der Waals surface area (Å²) in [6.45, 7) is 5.07. The number of rotatable bonds is 5. The van der Waals surface area contributed by atoms with Crippen LogP contribution in [0.15, 0.2) is 48.5 Å². The summed E-state index contributed by atoms with van der Waals surface area (Å²) in [4.78, 5) is 2.40. The average Bonchev–Trinajstić information content (AvgIpc) is 3.14. The monoisotopic (exact) mass is 378 g/mol. The van der Waals surface area contributed by atoms with Crippen LogP contribution in [0.5, 0.6) is 5.75 Å². The summed E-state index contributed by atoms with van der Waals surface area (Å²) >= 11 is 0. The molecule has 146 valence electrons. The fourth-order valence-electron chi connectivity index (χ4n) is 3.54. The molecule has 0 saturated carbocycles. The van der Waals surface area contributed by atoms with E-state index in [0.29, 0.717) is 6.61 Å². The van der Waals surface area contributed by atoms with Crippen LogP contribution in [0, 0.1) is 11.8 Å². The van der Waals surface area contributed by atoms with E-state index >= 15 is 0 Å². The van der Waals surface area contributed by atoms with Crippen molar-refractivity contribution >= 4 is 5.69 Å². The fourth-order valence-corrected chi connectivity index (χ4v) is 3.54. The second-order valence-electron chi connectivity index (χ2n) is 7.18. The van der Waals surface area contributed by atoms with E-state index in [2.05, 4.69) is 16.7 Å². The van der Waals surface area contributed by atoms with Crippen LogP contribution in [0.25, 0.3) is 0 Å². The number of likely N-dealkylation sites (tertiary alicyclic amines) is 1. The predicted octanol–water partition coefficient (Wildman–Crippen LogP) is 2.54. The van der Waals surface area contributed by atoms with Crippen molar-refractivity contribution in [2.24, 2.45) is 0 Å². The molecule has 2 heterocycles. The molecule has 2 aliphatic heterocycles. The number of fused-ring (bicyclic) bond motifs is 1. The molecule has 5 nitrogen and oxygen atoms in total. The molecule has 28 heavy (non-hydrogen) atoms. The Labute approximate surface area is 166 Å². The van der Waals surface area contributed by atoms with Crippen LogP contribution in [-0.4, -0.2) is 56.6 Å². The maximum Gasteiger partial charge on any atom is 0.119 e. The molecule has 2 atom stereocenters. The smallest absolute Gasteiger partial charge is 0.119 e. The number of nitrogen functional groups attached to an aromatic ring is 1. The second-order valence-corrected chi connectivity index (χ2v) is 7.18. The van der Waals surface area contributed by atoms with Crippen molar-refractivity contribution in [1.82, 2.24) is 4.90 Å². The van der Waals surface area contributed by atoms with Crippen molar-refractivity contribution in [3.05, 3.63) is 59.7 Å². The molecular weight excluding hydrogens is 352 g/mol. The van der Waals surface area contributed by atoms with E-state index in [-0.39, 0.29) is 12.2 Å². The zero-order valence-corrected chi connectivity index (χ0v) is 16.0. The summed E-state index contributed by atoms with van der Waals surface area (Å²) < 4.78 is 17.4. The van der Waals surface area contributed by atoms with E-state index in [1.165, 1.54) is 0 Å². The molecular formula is C23H26N2O3. The normalized spacial score (nSPS) is 21.6. The minimum absolute atomic E-state index is 0.247. The number of nitrogens with zero attached hydrogens (tertiary/aromatic N) is 1. The number of benzene rings is 2. The van der Waals surface area contributed by atoms with E-state index in [9.17, 15) is 0 Å². The summed E-state index contributed by atoms with van der Waals surface area (Å²) in [6.07, 6.45) is 1.48. The van der Waals surface area contributed by atoms with E-state index in [1.54, 1.807) is 0 Å². The largest absolute Gasteiger partial charge is 0.494 e. The number of hydrogen-bond donors (Lipinski definition) is 1. The minimum atomic E-state index is 0.247. The Morgan fingerprint density at radius 2 is 1.46 bits per heavy atom. The highest BCUT2D eigenvalue weighted by Crippen LogP contribution is 2.20. The van der Waals surface area contributed by atoms with Crippen LogP contribution in [0.3, 0.4) is 0 Å². The van der Waals surface area contributed by atoms with Gasteiger partial charge in [-0.1, -0.05) is 11.8 Å². The van der Waals surface area contributed by atoms with Crippen molar-refractivity contribution in [3.8, 4) is 17.6 Å². The summed E-state index contributed by atoms with van der Waals surface area (Å²) in [5, 5.41) is 0. The SMILES string of the molecule is Nc1ccc(C#Cc2ccc(OCCCN3C[C@@H]4OCCO[C@@H]4C3)cc2)cc1. The third-order valence-electron chi connectivity index (χ3n) is 5.04. The average molecular weight is 378 g/mol. The summed E-state index contributed by atoms with van der Waals surface area (Å²) in [5.74, 6) is 7.17. The standard InChI is InChI=1S/C23H26N2O3/c24-20-8-4-18(5-9-20)2-3-19-6-10-21(11-7-19)26-13-1-12-25-16-22-23(17-25)28-15-14-27-22/h4-11,22-23H,1,12-17,24H2/t22-,23+. The van der Waals surface area contributed by atoms with Crippen molar-refractivity contribution < 1.29 is 14.2 Å². The lowest BCUT2D eigenvalue weighted by Gasteiger charge is -2.24. The molecule has 2 fully saturated rings. The molecule has 0 aromatic heterocycles. The van der Waals surface area contributed by atoms with Crippen LogP contribution >= 0.6 is 0 Å². The van der Waals surface area contributed by atoms with Gasteiger partial charge in [-0.25, -0.2) is 0 Å². The first kappa shape index (κ1) is 18.8. The van der Waals surface area contributed by atoms with Gasteiger partial charge < -0.3 is 19.9 Å². The number of anilines is 1. The Kier molecular flexibility index (Phi) is 6.13. The van der Waals surface area contributed by atoms with Crippen molar-refractivity contribution in [2.45, 2.75) is 18.6 Å². The Hall–Kier alpha value is -2.52. The Morgan fingerprint density at radius 1 is 0.893 bits per heavy atom. The molecule has 0 bridgehead atoms. The first-order valence-corrected chi connectivity index (χ1v) is 9.82. The highest BCUT2D eigenvalue weighted by Gasteiger charge is 2.36. The molecule has 2 N–H and O–H groups in total. The first-order chi connectivity index (χ1) is 13.8. The second kappa shape index (κ2) is 9.11. The highest BCUT2D eigenvalue weighted by molar-refractivity contribution is 5.48. The lowest BCUT2D eigenvalue weighted by molar-refractivity contribution is -0.116. The van der Waals surface area contributed by atoms with Gasteiger partial charge in [-0.15, -0.1) is 0 Å². The van der Waals surface area contributed by atoms with Crippen LogP contribution in [0.2, 0.25) is 0 Å². The molecule has 2 aromatic carbocycles. The third kappa shape index (κ3) is 5.05. The molecule has 0 spiro atoms. The molecule has 2 aliphatic rings. The van der Waals surface area contributed by atoms with E-state index in [0.717, 1.165) is 61.8 Å². The fraction of sp³-hybridized carbons (Fsp3) is 0.391. The van der Waals surface area contributed by atoms with Crippen LogP contribution < -0.4 is 10.5 Å². The molecule has 2 aromatic rings. The maximum absolute atomic E-state index is 5.86. The molecule has 0 radical (unpaired) electrons. The number of nitrogens with two attached hydrogens (primary N) is 1.